The fourth-order valence-electron chi connectivity index (χ4n) is 4.55. The lowest BCUT2D eigenvalue weighted by atomic mass is 9.93. The molecule has 3 atom stereocenters. The maximum atomic E-state index is 13.8. The van der Waals surface area contributed by atoms with Crippen molar-refractivity contribution in [2.24, 2.45) is 5.92 Å². The summed E-state index contributed by atoms with van der Waals surface area (Å²) >= 11 is 12.4. The normalized spacial score (nSPS) is 25.1. The minimum absolute atomic E-state index is 0.0275. The number of nitrogens with zero attached hydrogens (tertiary/aromatic N) is 3. The Morgan fingerprint density at radius 1 is 1.17 bits per heavy atom. The van der Waals surface area contributed by atoms with Gasteiger partial charge in [0.05, 0.1) is 27.9 Å². The smallest absolute Gasteiger partial charge is 0.254 e. The van der Waals surface area contributed by atoms with Crippen molar-refractivity contribution in [2.75, 3.05) is 11.9 Å². The van der Waals surface area contributed by atoms with Gasteiger partial charge in [0.25, 0.3) is 5.91 Å². The molecule has 1 aliphatic carbocycles. The van der Waals surface area contributed by atoms with Gasteiger partial charge in [0, 0.05) is 24.2 Å². The summed E-state index contributed by atoms with van der Waals surface area (Å²) in [7, 11) is 0. The van der Waals surface area contributed by atoms with Crippen LogP contribution in [0, 0.1) is 5.92 Å². The fraction of sp³-hybridized carbons (Fsp3) is 0.273. The monoisotopic (exact) mass is 426 g/mol. The molecule has 3 heterocycles. The second kappa shape index (κ2) is 7.08. The lowest BCUT2D eigenvalue weighted by Gasteiger charge is -2.34. The molecule has 5 nitrogen and oxygen atoms in total. The standard InChI is InChI=1S/C22H20Cl2N4O/c1-13-20(22(29)27-11-9-14-4-2-3-5-18(14)27)21(28-19(26-13)8-10-25-28)15-6-7-16(23)17(24)12-15/h2-8,10,12,14,18,21,26H,9,11H2,1H3. The van der Waals surface area contributed by atoms with E-state index >= 15 is 0 Å². The van der Waals surface area contributed by atoms with Gasteiger partial charge in [0.2, 0.25) is 0 Å². The van der Waals surface area contributed by atoms with E-state index in [1.165, 1.54) is 0 Å². The van der Waals surface area contributed by atoms with Gasteiger partial charge in [-0.3, -0.25) is 4.79 Å². The number of fused-ring (bicyclic) bond motifs is 2. The van der Waals surface area contributed by atoms with Crippen molar-refractivity contribution in [3.8, 4) is 0 Å². The Kier molecular flexibility index (Phi) is 4.52. The van der Waals surface area contributed by atoms with Crippen LogP contribution in [0.1, 0.15) is 24.9 Å². The first-order valence-corrected chi connectivity index (χ1v) is 10.4. The van der Waals surface area contributed by atoms with Crippen LogP contribution >= 0.6 is 23.2 Å². The highest BCUT2D eigenvalue weighted by atomic mass is 35.5. The maximum absolute atomic E-state index is 13.8. The molecule has 0 radical (unpaired) electrons. The molecular formula is C22H20Cl2N4O. The number of carbonyl (C=O) groups excluding carboxylic acids is 1. The molecule has 0 spiro atoms. The first kappa shape index (κ1) is 18.5. The Bertz CT molecular complexity index is 1080. The van der Waals surface area contributed by atoms with Crippen LogP contribution < -0.4 is 5.32 Å². The summed E-state index contributed by atoms with van der Waals surface area (Å²) < 4.78 is 1.84. The molecule has 3 unspecified atom stereocenters. The number of rotatable bonds is 2. The lowest BCUT2D eigenvalue weighted by Crippen LogP contribution is -2.41. The van der Waals surface area contributed by atoms with Crippen LogP contribution in [0.3, 0.4) is 0 Å². The summed E-state index contributed by atoms with van der Waals surface area (Å²) in [6.07, 6.45) is 11.1. The van der Waals surface area contributed by atoms with E-state index < -0.39 is 0 Å². The number of likely N-dealkylation sites (tertiary alicyclic amines) is 1. The molecule has 2 aromatic rings. The summed E-state index contributed by atoms with van der Waals surface area (Å²) in [5.41, 5.74) is 2.39. The van der Waals surface area contributed by atoms with Gasteiger partial charge in [-0.05, 0) is 31.0 Å². The summed E-state index contributed by atoms with van der Waals surface area (Å²) in [6.45, 7) is 2.68. The number of benzene rings is 1. The number of amides is 1. The third kappa shape index (κ3) is 3.00. The first-order chi connectivity index (χ1) is 14.0. The molecule has 5 rings (SSSR count). The summed E-state index contributed by atoms with van der Waals surface area (Å²) in [5.74, 6) is 1.25. The van der Waals surface area contributed by atoms with Crippen molar-refractivity contribution in [3.63, 3.8) is 0 Å². The Hall–Kier alpha value is -2.50. The third-order valence-corrected chi connectivity index (χ3v) is 6.68. The predicted octanol–water partition coefficient (Wildman–Crippen LogP) is 4.82. The molecular weight excluding hydrogens is 407 g/mol. The number of anilines is 1. The largest absolute Gasteiger partial charge is 0.344 e. The van der Waals surface area contributed by atoms with Crippen LogP contribution in [0.4, 0.5) is 5.82 Å². The summed E-state index contributed by atoms with van der Waals surface area (Å²) in [6, 6.07) is 7.12. The molecule has 148 valence electrons. The minimum Gasteiger partial charge on any atom is -0.344 e. The highest BCUT2D eigenvalue weighted by Gasteiger charge is 2.40. The van der Waals surface area contributed by atoms with Gasteiger partial charge < -0.3 is 10.2 Å². The van der Waals surface area contributed by atoms with Crippen molar-refractivity contribution in [3.05, 3.63) is 81.6 Å². The molecule has 29 heavy (non-hydrogen) atoms. The molecule has 1 aromatic carbocycles. The van der Waals surface area contributed by atoms with Crippen molar-refractivity contribution in [2.45, 2.75) is 25.4 Å². The van der Waals surface area contributed by atoms with Crippen LogP contribution in [0.5, 0.6) is 0 Å². The minimum atomic E-state index is -0.370. The molecule has 1 amide bonds. The van der Waals surface area contributed by atoms with Crippen molar-refractivity contribution in [1.29, 1.82) is 0 Å². The first-order valence-electron chi connectivity index (χ1n) is 9.67. The van der Waals surface area contributed by atoms with E-state index in [1.807, 2.05) is 40.8 Å². The quantitative estimate of drug-likeness (QED) is 0.748. The van der Waals surface area contributed by atoms with Crippen LogP contribution in [-0.2, 0) is 4.79 Å². The van der Waals surface area contributed by atoms with Gasteiger partial charge in [0.1, 0.15) is 11.9 Å². The maximum Gasteiger partial charge on any atom is 0.254 e. The zero-order valence-electron chi connectivity index (χ0n) is 15.8. The zero-order chi connectivity index (χ0) is 20.1. The molecule has 1 aromatic heterocycles. The Balaban J connectivity index is 1.59. The Morgan fingerprint density at radius 3 is 2.83 bits per heavy atom. The van der Waals surface area contributed by atoms with Crippen molar-refractivity contribution >= 4 is 34.9 Å². The summed E-state index contributed by atoms with van der Waals surface area (Å²) in [5, 5.41) is 8.77. The Morgan fingerprint density at radius 2 is 2.00 bits per heavy atom. The number of halogens is 2. The third-order valence-electron chi connectivity index (χ3n) is 5.94. The second-order valence-corrected chi connectivity index (χ2v) is 8.43. The van der Waals surface area contributed by atoms with Crippen LogP contribution in [0.2, 0.25) is 10.0 Å². The van der Waals surface area contributed by atoms with E-state index in [2.05, 4.69) is 28.6 Å². The number of hydrogen-bond donors (Lipinski definition) is 1. The number of allylic oxidation sites excluding steroid dienone is 3. The van der Waals surface area contributed by atoms with Gasteiger partial charge in [-0.15, -0.1) is 0 Å². The molecule has 1 saturated heterocycles. The fourth-order valence-corrected chi connectivity index (χ4v) is 4.85. The van der Waals surface area contributed by atoms with Crippen LogP contribution in [-0.4, -0.2) is 33.2 Å². The molecule has 3 aliphatic rings. The van der Waals surface area contributed by atoms with E-state index in [0.29, 0.717) is 21.5 Å². The Labute approximate surface area is 179 Å². The van der Waals surface area contributed by atoms with Crippen LogP contribution in [0.25, 0.3) is 0 Å². The molecule has 0 bridgehead atoms. The van der Waals surface area contributed by atoms with Gasteiger partial charge >= 0.3 is 0 Å². The number of aromatic nitrogens is 2. The average molecular weight is 427 g/mol. The zero-order valence-corrected chi connectivity index (χ0v) is 17.4. The second-order valence-electron chi connectivity index (χ2n) is 7.61. The number of carbonyl (C=O) groups is 1. The summed E-state index contributed by atoms with van der Waals surface area (Å²) in [4.78, 5) is 15.8. The van der Waals surface area contributed by atoms with Gasteiger partial charge in [0.15, 0.2) is 0 Å². The number of nitrogens with one attached hydrogen (secondary N) is 1. The van der Waals surface area contributed by atoms with E-state index in [1.54, 1.807) is 12.3 Å². The molecule has 1 N–H and O–H groups in total. The SMILES string of the molecule is CC1=C(C(=O)N2CCC3C=CC=CC32)C(c2ccc(Cl)c(Cl)c2)n2nccc2N1. The molecule has 1 fully saturated rings. The van der Waals surface area contributed by atoms with Crippen LogP contribution in [0.15, 0.2) is 66.0 Å². The van der Waals surface area contributed by atoms with Gasteiger partial charge in [-0.25, -0.2) is 4.68 Å². The van der Waals surface area contributed by atoms with E-state index in [-0.39, 0.29) is 18.0 Å². The highest BCUT2D eigenvalue weighted by molar-refractivity contribution is 6.42. The molecule has 2 aliphatic heterocycles. The van der Waals surface area contributed by atoms with Crippen molar-refractivity contribution in [1.82, 2.24) is 14.7 Å². The highest BCUT2D eigenvalue weighted by Crippen LogP contribution is 2.40. The topological polar surface area (TPSA) is 50.2 Å². The van der Waals surface area contributed by atoms with E-state index in [9.17, 15) is 4.79 Å². The number of hydrogen-bond acceptors (Lipinski definition) is 3. The van der Waals surface area contributed by atoms with Gasteiger partial charge in [-0.1, -0.05) is 53.6 Å². The molecule has 7 heteroatoms. The average Bonchev–Trinajstić information content (AvgIpc) is 3.35. The predicted molar refractivity (Wildman–Crippen MR) is 115 cm³/mol. The van der Waals surface area contributed by atoms with E-state index in [4.69, 9.17) is 23.2 Å². The lowest BCUT2D eigenvalue weighted by molar-refractivity contribution is -0.127. The van der Waals surface area contributed by atoms with Gasteiger partial charge in [-0.2, -0.15) is 5.10 Å². The molecule has 0 saturated carbocycles. The van der Waals surface area contributed by atoms with E-state index in [0.717, 1.165) is 30.0 Å². The van der Waals surface area contributed by atoms with Crippen molar-refractivity contribution < 1.29 is 4.79 Å².